The molecule has 15 heavy (non-hydrogen) atoms. The predicted octanol–water partition coefficient (Wildman–Crippen LogP) is 1.15. The van der Waals surface area contributed by atoms with Crippen LogP contribution in [0.25, 0.3) is 0 Å². The summed E-state index contributed by atoms with van der Waals surface area (Å²) in [6, 6.07) is 0.116. The van der Waals surface area contributed by atoms with E-state index < -0.39 is 9.84 Å². The van der Waals surface area contributed by atoms with Crippen LogP contribution >= 0.6 is 11.3 Å². The maximum atomic E-state index is 10.9. The first-order valence-electron chi connectivity index (χ1n) is 4.71. The fraction of sp³-hybridized carbons (Fsp3) is 0.667. The number of nitrogens with zero attached hydrogens (tertiary/aromatic N) is 1. The fourth-order valence-corrected chi connectivity index (χ4v) is 2.44. The topological polar surface area (TPSA) is 59.1 Å². The Morgan fingerprint density at radius 1 is 1.60 bits per heavy atom. The normalized spacial score (nSPS) is 14.1. The predicted molar refractivity (Wildman–Crippen MR) is 63.0 cm³/mol. The fourth-order valence-electron chi connectivity index (χ4n) is 1.12. The molecule has 0 spiro atoms. The first kappa shape index (κ1) is 12.6. The summed E-state index contributed by atoms with van der Waals surface area (Å²) in [4.78, 5) is 4.33. The third kappa shape index (κ3) is 4.72. The Bertz CT molecular complexity index is 412. The molecule has 1 rings (SSSR count). The first-order valence-corrected chi connectivity index (χ1v) is 7.65. The van der Waals surface area contributed by atoms with E-state index in [1.54, 1.807) is 11.3 Å². The van der Waals surface area contributed by atoms with E-state index in [0.29, 0.717) is 6.54 Å². The van der Waals surface area contributed by atoms with Crippen LogP contribution in [0.3, 0.4) is 0 Å². The van der Waals surface area contributed by atoms with Crippen molar-refractivity contribution in [1.82, 2.24) is 10.3 Å². The SMILES string of the molecule is Cc1csc(C(C)NCCS(C)(=O)=O)n1. The van der Waals surface area contributed by atoms with Crippen LogP contribution in [0.4, 0.5) is 0 Å². The van der Waals surface area contributed by atoms with Gasteiger partial charge in [-0.05, 0) is 13.8 Å². The zero-order valence-corrected chi connectivity index (χ0v) is 10.8. The van der Waals surface area contributed by atoms with Gasteiger partial charge in [0, 0.05) is 23.9 Å². The van der Waals surface area contributed by atoms with Crippen LogP contribution in [-0.4, -0.2) is 32.0 Å². The molecule has 1 unspecified atom stereocenters. The molecule has 1 N–H and O–H groups in total. The number of sulfone groups is 1. The Labute approximate surface area is 94.7 Å². The first-order chi connectivity index (χ1) is 6.88. The Balaban J connectivity index is 2.40. The van der Waals surface area contributed by atoms with Crippen LogP contribution in [0.1, 0.15) is 23.7 Å². The van der Waals surface area contributed by atoms with Gasteiger partial charge >= 0.3 is 0 Å². The lowest BCUT2D eigenvalue weighted by atomic mass is 10.3. The van der Waals surface area contributed by atoms with Crippen LogP contribution in [0.2, 0.25) is 0 Å². The van der Waals surface area contributed by atoms with Gasteiger partial charge in [0.05, 0.1) is 11.8 Å². The highest BCUT2D eigenvalue weighted by molar-refractivity contribution is 7.90. The summed E-state index contributed by atoms with van der Waals surface area (Å²) in [5.74, 6) is 0.168. The number of aryl methyl sites for hydroxylation is 1. The molecular formula is C9H16N2O2S2. The van der Waals surface area contributed by atoms with E-state index >= 15 is 0 Å². The van der Waals surface area contributed by atoms with Gasteiger partial charge in [-0.2, -0.15) is 0 Å². The number of aromatic nitrogens is 1. The zero-order valence-electron chi connectivity index (χ0n) is 9.15. The molecule has 1 aromatic rings. The number of rotatable bonds is 5. The maximum Gasteiger partial charge on any atom is 0.148 e. The highest BCUT2D eigenvalue weighted by Gasteiger charge is 2.09. The van der Waals surface area contributed by atoms with E-state index in [1.807, 2.05) is 19.2 Å². The van der Waals surface area contributed by atoms with Gasteiger partial charge in [0.1, 0.15) is 14.8 Å². The molecule has 1 heterocycles. The second kappa shape index (κ2) is 5.05. The summed E-state index contributed by atoms with van der Waals surface area (Å²) >= 11 is 1.59. The summed E-state index contributed by atoms with van der Waals surface area (Å²) in [7, 11) is -2.88. The van der Waals surface area contributed by atoms with Gasteiger partial charge < -0.3 is 5.32 Å². The zero-order chi connectivity index (χ0) is 11.5. The van der Waals surface area contributed by atoms with Crippen molar-refractivity contribution >= 4 is 21.2 Å². The molecule has 1 aromatic heterocycles. The van der Waals surface area contributed by atoms with Crippen molar-refractivity contribution in [2.75, 3.05) is 18.6 Å². The molecule has 0 amide bonds. The molecule has 0 fully saturated rings. The number of thiazole rings is 1. The molecule has 4 nitrogen and oxygen atoms in total. The summed E-state index contributed by atoms with van der Waals surface area (Å²) in [5.41, 5.74) is 1.01. The minimum absolute atomic E-state index is 0.116. The molecule has 0 aliphatic heterocycles. The molecule has 0 aromatic carbocycles. The third-order valence-electron chi connectivity index (χ3n) is 1.93. The van der Waals surface area contributed by atoms with Gasteiger partial charge in [-0.25, -0.2) is 13.4 Å². The Kier molecular flexibility index (Phi) is 4.24. The van der Waals surface area contributed by atoms with E-state index in [1.165, 1.54) is 6.26 Å². The Morgan fingerprint density at radius 2 is 2.27 bits per heavy atom. The number of hydrogen-bond acceptors (Lipinski definition) is 5. The van der Waals surface area contributed by atoms with Crippen molar-refractivity contribution in [1.29, 1.82) is 0 Å². The second-order valence-electron chi connectivity index (χ2n) is 3.63. The standard InChI is InChI=1S/C9H16N2O2S2/c1-7-6-14-9(11-7)8(2)10-4-5-15(3,12)13/h6,8,10H,4-5H2,1-3H3. The lowest BCUT2D eigenvalue weighted by Crippen LogP contribution is -2.25. The molecule has 0 radical (unpaired) electrons. The average Bonchev–Trinajstić information content (AvgIpc) is 2.49. The van der Waals surface area contributed by atoms with E-state index in [4.69, 9.17) is 0 Å². The van der Waals surface area contributed by atoms with Gasteiger partial charge in [0.2, 0.25) is 0 Å². The van der Waals surface area contributed by atoms with Crippen LogP contribution in [0.5, 0.6) is 0 Å². The Hall–Kier alpha value is -0.460. The molecule has 1 atom stereocenters. The summed E-state index contributed by atoms with van der Waals surface area (Å²) in [6.45, 7) is 4.41. The average molecular weight is 248 g/mol. The lowest BCUT2D eigenvalue weighted by molar-refractivity contribution is 0.574. The van der Waals surface area contributed by atoms with Crippen LogP contribution in [-0.2, 0) is 9.84 Å². The third-order valence-corrected chi connectivity index (χ3v) is 4.02. The van der Waals surface area contributed by atoms with Crippen LogP contribution < -0.4 is 5.32 Å². The second-order valence-corrected chi connectivity index (χ2v) is 6.78. The minimum Gasteiger partial charge on any atom is -0.307 e. The number of hydrogen-bond donors (Lipinski definition) is 1. The van der Waals surface area contributed by atoms with Gasteiger partial charge in [0.25, 0.3) is 0 Å². The molecule has 6 heteroatoms. The van der Waals surface area contributed by atoms with Gasteiger partial charge in [-0.3, -0.25) is 0 Å². The molecule has 0 aliphatic carbocycles. The van der Waals surface area contributed by atoms with Gasteiger partial charge in [-0.15, -0.1) is 11.3 Å². The molecule has 0 aliphatic rings. The van der Waals surface area contributed by atoms with E-state index in [0.717, 1.165) is 10.7 Å². The largest absolute Gasteiger partial charge is 0.307 e. The monoisotopic (exact) mass is 248 g/mol. The summed E-state index contributed by atoms with van der Waals surface area (Å²) < 4.78 is 21.8. The molecular weight excluding hydrogens is 232 g/mol. The van der Waals surface area contributed by atoms with Crippen LogP contribution in [0.15, 0.2) is 5.38 Å². The van der Waals surface area contributed by atoms with Crippen molar-refractivity contribution < 1.29 is 8.42 Å². The smallest absolute Gasteiger partial charge is 0.148 e. The van der Waals surface area contributed by atoms with Crippen molar-refractivity contribution in [3.8, 4) is 0 Å². The number of nitrogens with one attached hydrogen (secondary N) is 1. The summed E-state index contributed by atoms with van der Waals surface area (Å²) in [5, 5.41) is 6.13. The minimum atomic E-state index is -2.88. The maximum absolute atomic E-state index is 10.9. The molecule has 0 saturated heterocycles. The highest BCUT2D eigenvalue weighted by atomic mass is 32.2. The van der Waals surface area contributed by atoms with Crippen molar-refractivity contribution in [2.24, 2.45) is 0 Å². The van der Waals surface area contributed by atoms with E-state index in [-0.39, 0.29) is 11.8 Å². The molecule has 0 bridgehead atoms. The van der Waals surface area contributed by atoms with Crippen molar-refractivity contribution in [3.63, 3.8) is 0 Å². The summed E-state index contributed by atoms with van der Waals surface area (Å²) in [6.07, 6.45) is 1.24. The van der Waals surface area contributed by atoms with Crippen molar-refractivity contribution in [2.45, 2.75) is 19.9 Å². The molecule has 86 valence electrons. The molecule has 0 saturated carbocycles. The van der Waals surface area contributed by atoms with Gasteiger partial charge in [0.15, 0.2) is 0 Å². The highest BCUT2D eigenvalue weighted by Crippen LogP contribution is 2.16. The quantitative estimate of drug-likeness (QED) is 0.849. The lowest BCUT2D eigenvalue weighted by Gasteiger charge is -2.09. The van der Waals surface area contributed by atoms with Crippen molar-refractivity contribution in [3.05, 3.63) is 16.1 Å². The van der Waals surface area contributed by atoms with Crippen LogP contribution in [0, 0.1) is 6.92 Å². The van der Waals surface area contributed by atoms with Gasteiger partial charge in [-0.1, -0.05) is 0 Å². The van der Waals surface area contributed by atoms with E-state index in [2.05, 4.69) is 10.3 Å². The Morgan fingerprint density at radius 3 is 2.73 bits per heavy atom. The van der Waals surface area contributed by atoms with E-state index in [9.17, 15) is 8.42 Å².